The molecule has 1 rings (SSSR count). The molecule has 1 unspecified atom stereocenters. The van der Waals surface area contributed by atoms with Gasteiger partial charge in [-0.05, 0) is 24.1 Å². The molecular weight excluding hydrogens is 169 g/mol. The third-order valence-electron chi connectivity index (χ3n) is 2.33. The maximum atomic E-state index is 12.6. The molecule has 0 bridgehead atoms. The number of aliphatic hydroxyl groups excluding tert-OH is 1. The van der Waals surface area contributed by atoms with Gasteiger partial charge in [0.1, 0.15) is 5.82 Å². The summed E-state index contributed by atoms with van der Waals surface area (Å²) in [6.07, 6.45) is 0.620. The zero-order valence-electron chi connectivity index (χ0n) is 7.63. The third kappa shape index (κ3) is 2.05. The smallest absolute Gasteiger partial charge is 0.123 e. The van der Waals surface area contributed by atoms with E-state index < -0.39 is 5.54 Å². The molecule has 3 heteroatoms. The minimum atomic E-state index is -0.742. The number of hydrogen-bond acceptors (Lipinski definition) is 2. The molecule has 2 nitrogen and oxygen atoms in total. The molecule has 0 saturated carbocycles. The van der Waals surface area contributed by atoms with Crippen LogP contribution in [0.15, 0.2) is 24.3 Å². The van der Waals surface area contributed by atoms with Gasteiger partial charge in [0.05, 0.1) is 12.1 Å². The molecule has 13 heavy (non-hydrogen) atoms. The molecule has 72 valence electrons. The second-order valence-electron chi connectivity index (χ2n) is 3.17. The van der Waals surface area contributed by atoms with Crippen LogP contribution in [0.25, 0.3) is 0 Å². The molecule has 1 atom stereocenters. The quantitative estimate of drug-likeness (QED) is 0.743. The predicted molar refractivity (Wildman–Crippen MR) is 49.6 cm³/mol. The fraction of sp³-hybridized carbons (Fsp3) is 0.400. The summed E-state index contributed by atoms with van der Waals surface area (Å²) in [6, 6.07) is 5.91. The van der Waals surface area contributed by atoms with Crippen LogP contribution in [0.3, 0.4) is 0 Å². The van der Waals surface area contributed by atoms with E-state index in [0.717, 1.165) is 5.56 Å². The van der Waals surface area contributed by atoms with Crippen LogP contribution in [0.2, 0.25) is 0 Å². The van der Waals surface area contributed by atoms with Gasteiger partial charge in [0.25, 0.3) is 0 Å². The van der Waals surface area contributed by atoms with Crippen LogP contribution in [-0.4, -0.2) is 11.7 Å². The van der Waals surface area contributed by atoms with Crippen molar-refractivity contribution in [3.05, 3.63) is 35.6 Å². The van der Waals surface area contributed by atoms with E-state index >= 15 is 0 Å². The summed E-state index contributed by atoms with van der Waals surface area (Å²) in [4.78, 5) is 0. The second kappa shape index (κ2) is 3.85. The molecule has 1 aromatic rings. The van der Waals surface area contributed by atoms with Crippen LogP contribution in [0.5, 0.6) is 0 Å². The molecular formula is C10H14FNO. The lowest BCUT2D eigenvalue weighted by Gasteiger charge is -2.25. The van der Waals surface area contributed by atoms with Crippen molar-refractivity contribution in [2.75, 3.05) is 6.61 Å². The molecule has 0 amide bonds. The van der Waals surface area contributed by atoms with E-state index in [1.54, 1.807) is 12.1 Å². The summed E-state index contributed by atoms with van der Waals surface area (Å²) in [5.41, 5.74) is 5.92. The average Bonchev–Trinajstić information content (AvgIpc) is 2.18. The Morgan fingerprint density at radius 1 is 1.38 bits per heavy atom. The minimum Gasteiger partial charge on any atom is -0.394 e. The fourth-order valence-electron chi connectivity index (χ4n) is 1.19. The van der Waals surface area contributed by atoms with Gasteiger partial charge in [0.2, 0.25) is 0 Å². The van der Waals surface area contributed by atoms with Crippen molar-refractivity contribution in [3.8, 4) is 0 Å². The van der Waals surface area contributed by atoms with E-state index in [2.05, 4.69) is 0 Å². The Hall–Kier alpha value is -0.930. The van der Waals surface area contributed by atoms with Gasteiger partial charge < -0.3 is 10.8 Å². The highest BCUT2D eigenvalue weighted by Gasteiger charge is 2.23. The monoisotopic (exact) mass is 183 g/mol. The summed E-state index contributed by atoms with van der Waals surface area (Å²) in [5.74, 6) is -0.292. The van der Waals surface area contributed by atoms with Gasteiger partial charge in [-0.3, -0.25) is 0 Å². The van der Waals surface area contributed by atoms with Crippen LogP contribution in [0.1, 0.15) is 18.9 Å². The van der Waals surface area contributed by atoms with Crippen molar-refractivity contribution >= 4 is 0 Å². The highest BCUT2D eigenvalue weighted by molar-refractivity contribution is 5.24. The molecule has 0 heterocycles. The summed E-state index contributed by atoms with van der Waals surface area (Å²) in [7, 11) is 0. The van der Waals surface area contributed by atoms with Crippen LogP contribution < -0.4 is 5.73 Å². The van der Waals surface area contributed by atoms with Gasteiger partial charge in [-0.2, -0.15) is 0 Å². The summed E-state index contributed by atoms with van der Waals surface area (Å²) in [6.45, 7) is 1.76. The molecule has 0 aliphatic carbocycles. The maximum Gasteiger partial charge on any atom is 0.123 e. The first-order chi connectivity index (χ1) is 6.12. The average molecular weight is 183 g/mol. The molecule has 0 spiro atoms. The van der Waals surface area contributed by atoms with E-state index in [9.17, 15) is 4.39 Å². The van der Waals surface area contributed by atoms with Crippen molar-refractivity contribution in [2.24, 2.45) is 5.73 Å². The summed E-state index contributed by atoms with van der Waals surface area (Å²) >= 11 is 0. The second-order valence-corrected chi connectivity index (χ2v) is 3.17. The van der Waals surface area contributed by atoms with Gasteiger partial charge in [0.15, 0.2) is 0 Å². The molecule has 0 aromatic heterocycles. The highest BCUT2D eigenvalue weighted by atomic mass is 19.1. The van der Waals surface area contributed by atoms with Gasteiger partial charge >= 0.3 is 0 Å². The molecule has 3 N–H and O–H groups in total. The third-order valence-corrected chi connectivity index (χ3v) is 2.33. The lowest BCUT2D eigenvalue weighted by molar-refractivity contribution is 0.192. The molecule has 0 radical (unpaired) electrons. The lowest BCUT2D eigenvalue weighted by atomic mass is 9.89. The SMILES string of the molecule is CCC(N)(CO)c1ccc(F)cc1. The Morgan fingerprint density at radius 3 is 2.31 bits per heavy atom. The van der Waals surface area contributed by atoms with E-state index in [1.807, 2.05) is 6.92 Å². The standard InChI is InChI=1S/C10H14FNO/c1-2-10(12,7-13)8-3-5-9(11)6-4-8/h3-6,13H,2,7,12H2,1H3. The van der Waals surface area contributed by atoms with Crippen LogP contribution in [0.4, 0.5) is 4.39 Å². The van der Waals surface area contributed by atoms with E-state index in [1.165, 1.54) is 12.1 Å². The van der Waals surface area contributed by atoms with Gasteiger partial charge in [-0.1, -0.05) is 19.1 Å². The first kappa shape index (κ1) is 10.2. The van der Waals surface area contributed by atoms with Crippen molar-refractivity contribution in [1.29, 1.82) is 0 Å². The lowest BCUT2D eigenvalue weighted by Crippen LogP contribution is -2.39. The summed E-state index contributed by atoms with van der Waals surface area (Å²) < 4.78 is 12.6. The normalized spacial score (nSPS) is 15.4. The Bertz CT molecular complexity index is 267. The van der Waals surface area contributed by atoms with Crippen molar-refractivity contribution in [3.63, 3.8) is 0 Å². The molecule has 0 saturated heterocycles. The number of rotatable bonds is 3. The van der Waals surface area contributed by atoms with Gasteiger partial charge in [-0.15, -0.1) is 0 Å². The predicted octanol–water partition coefficient (Wildman–Crippen LogP) is 1.38. The largest absolute Gasteiger partial charge is 0.394 e. The Kier molecular flexibility index (Phi) is 3.01. The highest BCUT2D eigenvalue weighted by Crippen LogP contribution is 2.21. The van der Waals surface area contributed by atoms with Crippen molar-refractivity contribution < 1.29 is 9.50 Å². The van der Waals surface area contributed by atoms with Crippen LogP contribution in [0, 0.1) is 5.82 Å². The zero-order valence-corrected chi connectivity index (χ0v) is 7.63. The molecule has 1 aromatic carbocycles. The van der Waals surface area contributed by atoms with E-state index in [-0.39, 0.29) is 12.4 Å². The number of hydrogen-bond donors (Lipinski definition) is 2. The summed E-state index contributed by atoms with van der Waals surface area (Å²) in [5, 5.41) is 9.09. The Labute approximate surface area is 77.2 Å². The first-order valence-corrected chi connectivity index (χ1v) is 4.28. The Balaban J connectivity index is 2.99. The van der Waals surface area contributed by atoms with Gasteiger partial charge in [-0.25, -0.2) is 4.39 Å². The molecule has 0 aliphatic heterocycles. The topological polar surface area (TPSA) is 46.2 Å². The van der Waals surface area contributed by atoms with Gasteiger partial charge in [0, 0.05) is 0 Å². The number of halogens is 1. The first-order valence-electron chi connectivity index (χ1n) is 4.28. The number of benzene rings is 1. The van der Waals surface area contributed by atoms with Crippen molar-refractivity contribution in [2.45, 2.75) is 18.9 Å². The minimum absolute atomic E-state index is 0.130. The van der Waals surface area contributed by atoms with E-state index in [0.29, 0.717) is 6.42 Å². The molecule has 0 fully saturated rings. The van der Waals surface area contributed by atoms with Crippen molar-refractivity contribution in [1.82, 2.24) is 0 Å². The van der Waals surface area contributed by atoms with Crippen LogP contribution >= 0.6 is 0 Å². The van der Waals surface area contributed by atoms with E-state index in [4.69, 9.17) is 10.8 Å². The zero-order chi connectivity index (χ0) is 9.90. The number of nitrogens with two attached hydrogens (primary N) is 1. The fourth-order valence-corrected chi connectivity index (χ4v) is 1.19. The molecule has 0 aliphatic rings. The number of aliphatic hydroxyl groups is 1. The Morgan fingerprint density at radius 2 is 1.92 bits per heavy atom. The van der Waals surface area contributed by atoms with Crippen LogP contribution in [-0.2, 0) is 5.54 Å². The maximum absolute atomic E-state index is 12.6.